The van der Waals surface area contributed by atoms with Crippen molar-refractivity contribution in [1.82, 2.24) is 5.32 Å². The summed E-state index contributed by atoms with van der Waals surface area (Å²) < 4.78 is 5.44. The molecule has 0 aliphatic rings. The summed E-state index contributed by atoms with van der Waals surface area (Å²) in [7, 11) is 0. The lowest BCUT2D eigenvalue weighted by Crippen LogP contribution is -2.45. The second-order valence-corrected chi connectivity index (χ2v) is 20.3. The Morgan fingerprint density at radius 1 is 0.403 bits per heavy atom. The van der Waals surface area contributed by atoms with Gasteiger partial charge < -0.3 is 20.3 Å². The Balaban J connectivity index is 3.53. The molecule has 0 aromatic carbocycles. The third-order valence-corrected chi connectivity index (χ3v) is 13.6. The van der Waals surface area contributed by atoms with E-state index >= 15 is 0 Å². The molecule has 0 radical (unpaired) electrons. The molecular weight excluding hydrogens is 827 g/mol. The molecule has 0 aliphatic carbocycles. The minimum absolute atomic E-state index is 0.0333. The lowest BCUT2D eigenvalue weighted by molar-refractivity contribution is -0.143. The first-order chi connectivity index (χ1) is 33.0. The lowest BCUT2D eigenvalue weighted by atomic mass is 10.0. The molecule has 0 heterocycles. The summed E-state index contributed by atoms with van der Waals surface area (Å²) in [5.41, 5.74) is 0. The first-order valence-corrected chi connectivity index (χ1v) is 29.8. The summed E-state index contributed by atoms with van der Waals surface area (Å²) in [4.78, 5) is 24.5. The lowest BCUT2D eigenvalue weighted by Gasteiger charge is -2.20. The Hall–Kier alpha value is -1.92. The highest BCUT2D eigenvalue weighted by atomic mass is 16.5. The van der Waals surface area contributed by atoms with Crippen LogP contribution in [0.2, 0.25) is 0 Å². The largest absolute Gasteiger partial charge is 0.466 e. The number of carbonyl (C=O) groups is 2. The maximum atomic E-state index is 12.5. The highest BCUT2D eigenvalue weighted by Crippen LogP contribution is 2.17. The number of rotatable bonds is 55. The predicted octanol–water partition coefficient (Wildman–Crippen LogP) is 18.4. The number of aliphatic hydroxyl groups is 2. The van der Waals surface area contributed by atoms with Gasteiger partial charge in [-0.15, -0.1) is 0 Å². The van der Waals surface area contributed by atoms with Crippen LogP contribution in [-0.2, 0) is 14.3 Å². The van der Waals surface area contributed by atoms with Gasteiger partial charge in [-0.2, -0.15) is 0 Å². The summed E-state index contributed by atoms with van der Waals surface area (Å²) >= 11 is 0. The van der Waals surface area contributed by atoms with Gasteiger partial charge in [0.25, 0.3) is 0 Å². The van der Waals surface area contributed by atoms with Crippen LogP contribution in [0.3, 0.4) is 0 Å². The van der Waals surface area contributed by atoms with E-state index in [1.165, 1.54) is 205 Å². The van der Waals surface area contributed by atoms with Gasteiger partial charge in [0.2, 0.25) is 5.91 Å². The van der Waals surface area contributed by atoms with Gasteiger partial charge in [-0.05, 0) is 89.9 Å². The standard InChI is InChI=1S/C61H115NO5/c1-3-5-7-9-11-13-15-17-18-19-20-21-22-23-24-25-26-27-28-30-33-37-41-45-49-53-59(64)58(57-63)62-60(65)54-50-46-42-38-34-31-32-36-40-44-48-52-56-67-61(66)55-51-47-43-39-35-29-16-14-12-10-8-6-4-2/h14,16,32,36,49,53,58-59,63-64H,3-13,15,17-31,33-35,37-48,50-52,54-57H2,1-2H3,(H,62,65)/b16-14-,36-32-,53-49+. The molecule has 0 saturated carbocycles. The van der Waals surface area contributed by atoms with E-state index in [0.29, 0.717) is 19.4 Å². The highest BCUT2D eigenvalue weighted by Gasteiger charge is 2.18. The number of amides is 1. The van der Waals surface area contributed by atoms with Crippen LogP contribution >= 0.6 is 0 Å². The van der Waals surface area contributed by atoms with Gasteiger partial charge in [0, 0.05) is 12.8 Å². The third-order valence-electron chi connectivity index (χ3n) is 13.6. The van der Waals surface area contributed by atoms with E-state index in [4.69, 9.17) is 4.74 Å². The van der Waals surface area contributed by atoms with Gasteiger partial charge in [-0.25, -0.2) is 0 Å². The summed E-state index contributed by atoms with van der Waals surface area (Å²) in [5.74, 6) is -0.125. The van der Waals surface area contributed by atoms with Crippen molar-refractivity contribution in [2.24, 2.45) is 0 Å². The van der Waals surface area contributed by atoms with Crippen LogP contribution in [0.25, 0.3) is 0 Å². The average Bonchev–Trinajstić information content (AvgIpc) is 3.33. The van der Waals surface area contributed by atoms with Crippen molar-refractivity contribution in [3.05, 3.63) is 36.5 Å². The van der Waals surface area contributed by atoms with Gasteiger partial charge >= 0.3 is 5.97 Å². The molecule has 1 amide bonds. The van der Waals surface area contributed by atoms with E-state index in [1.54, 1.807) is 6.08 Å². The van der Waals surface area contributed by atoms with Crippen LogP contribution in [0.4, 0.5) is 0 Å². The molecular formula is C61H115NO5. The zero-order valence-corrected chi connectivity index (χ0v) is 44.9. The van der Waals surface area contributed by atoms with Crippen LogP contribution in [0.5, 0.6) is 0 Å². The number of hydrogen-bond acceptors (Lipinski definition) is 5. The highest BCUT2D eigenvalue weighted by molar-refractivity contribution is 5.76. The molecule has 67 heavy (non-hydrogen) atoms. The Labute approximate surface area is 417 Å². The molecule has 0 aromatic rings. The van der Waals surface area contributed by atoms with Crippen LogP contribution in [0, 0.1) is 0 Å². The van der Waals surface area contributed by atoms with Gasteiger partial charge in [-0.1, -0.05) is 249 Å². The average molecular weight is 943 g/mol. The molecule has 6 heteroatoms. The van der Waals surface area contributed by atoms with Gasteiger partial charge in [-0.3, -0.25) is 9.59 Å². The molecule has 0 aliphatic heterocycles. The van der Waals surface area contributed by atoms with E-state index < -0.39 is 12.1 Å². The van der Waals surface area contributed by atoms with Gasteiger partial charge in [0.1, 0.15) is 0 Å². The van der Waals surface area contributed by atoms with Crippen molar-refractivity contribution in [2.75, 3.05) is 13.2 Å². The van der Waals surface area contributed by atoms with Gasteiger partial charge in [0.15, 0.2) is 0 Å². The zero-order valence-electron chi connectivity index (χ0n) is 44.9. The van der Waals surface area contributed by atoms with E-state index in [2.05, 4.69) is 43.5 Å². The summed E-state index contributed by atoms with van der Waals surface area (Å²) in [6, 6.07) is -0.648. The normalized spacial score (nSPS) is 12.8. The summed E-state index contributed by atoms with van der Waals surface area (Å²) in [6.45, 7) is 4.84. The number of hydrogen-bond donors (Lipinski definition) is 3. The number of aliphatic hydroxyl groups excluding tert-OH is 2. The number of ether oxygens (including phenoxy) is 1. The molecule has 3 N–H and O–H groups in total. The van der Waals surface area contributed by atoms with Crippen LogP contribution in [0.15, 0.2) is 36.5 Å². The number of unbranched alkanes of at least 4 members (excludes halogenated alkanes) is 40. The fourth-order valence-corrected chi connectivity index (χ4v) is 9.03. The Morgan fingerprint density at radius 3 is 1.07 bits per heavy atom. The van der Waals surface area contributed by atoms with Crippen molar-refractivity contribution < 1.29 is 24.5 Å². The van der Waals surface area contributed by atoms with E-state index in [-0.39, 0.29) is 18.5 Å². The monoisotopic (exact) mass is 942 g/mol. The SMILES string of the molecule is CCCCCC/C=C\CCCCCCCC(=O)OCCCCC/C=C\CCCCCCCC(=O)NC(CO)C(O)/C=C/CCCCCCCCCCCCCCCCCCCCCCCCC. The first-order valence-electron chi connectivity index (χ1n) is 29.8. The van der Waals surface area contributed by atoms with Crippen molar-refractivity contribution in [3.63, 3.8) is 0 Å². The maximum absolute atomic E-state index is 12.5. The predicted molar refractivity (Wildman–Crippen MR) is 292 cm³/mol. The van der Waals surface area contributed by atoms with Crippen molar-refractivity contribution in [1.29, 1.82) is 0 Å². The number of esters is 1. The maximum Gasteiger partial charge on any atom is 0.305 e. The second kappa shape index (κ2) is 56.7. The third kappa shape index (κ3) is 53.3. The van der Waals surface area contributed by atoms with E-state index in [9.17, 15) is 19.8 Å². The summed E-state index contributed by atoms with van der Waals surface area (Å²) in [5, 5.41) is 23.2. The molecule has 0 saturated heterocycles. The Morgan fingerprint density at radius 2 is 0.701 bits per heavy atom. The minimum Gasteiger partial charge on any atom is -0.466 e. The van der Waals surface area contributed by atoms with E-state index in [0.717, 1.165) is 83.5 Å². The van der Waals surface area contributed by atoms with Crippen molar-refractivity contribution >= 4 is 11.9 Å². The van der Waals surface area contributed by atoms with Crippen LogP contribution < -0.4 is 5.32 Å². The fourth-order valence-electron chi connectivity index (χ4n) is 9.03. The molecule has 0 spiro atoms. The first kappa shape index (κ1) is 65.1. The Bertz CT molecular complexity index is 1090. The second-order valence-electron chi connectivity index (χ2n) is 20.3. The molecule has 394 valence electrons. The quantitative estimate of drug-likeness (QED) is 0.0321. The number of nitrogens with one attached hydrogen (secondary N) is 1. The van der Waals surface area contributed by atoms with Crippen LogP contribution in [-0.4, -0.2) is 47.4 Å². The van der Waals surface area contributed by atoms with E-state index in [1.807, 2.05) is 6.08 Å². The fraction of sp³-hybridized carbons (Fsp3) is 0.869. The molecule has 0 bridgehead atoms. The molecule has 6 nitrogen and oxygen atoms in total. The number of allylic oxidation sites excluding steroid dienone is 5. The minimum atomic E-state index is -0.863. The smallest absolute Gasteiger partial charge is 0.305 e. The number of carbonyl (C=O) groups excluding carboxylic acids is 2. The Kier molecular flexibility index (Phi) is 55.0. The van der Waals surface area contributed by atoms with Crippen LogP contribution in [0.1, 0.15) is 316 Å². The van der Waals surface area contributed by atoms with Crippen molar-refractivity contribution in [2.45, 2.75) is 328 Å². The molecule has 0 fully saturated rings. The summed E-state index contributed by atoms with van der Waals surface area (Å²) in [6.07, 6.45) is 70.3. The molecule has 2 atom stereocenters. The van der Waals surface area contributed by atoms with Gasteiger partial charge in [0.05, 0.1) is 25.4 Å². The molecule has 0 rings (SSSR count). The molecule has 2 unspecified atom stereocenters. The molecule has 0 aromatic heterocycles. The topological polar surface area (TPSA) is 95.9 Å². The zero-order chi connectivity index (χ0) is 48.6. The van der Waals surface area contributed by atoms with Crippen molar-refractivity contribution in [3.8, 4) is 0 Å².